The average Bonchev–Trinajstić information content (AvgIpc) is 2.93. The molecule has 1 saturated carbocycles. The standard InChI is InChI=1S/C13H27NO/c1-5-12(10-6-7-10)14-11(9-15)8-13(2,3)4/h10-12,14-15H,5-9H2,1-4H3. The van der Waals surface area contributed by atoms with Crippen LogP contribution in [0.3, 0.4) is 0 Å². The lowest BCUT2D eigenvalue weighted by Crippen LogP contribution is -2.43. The maximum absolute atomic E-state index is 9.37. The lowest BCUT2D eigenvalue weighted by molar-refractivity contribution is 0.183. The lowest BCUT2D eigenvalue weighted by Gasteiger charge is -2.29. The summed E-state index contributed by atoms with van der Waals surface area (Å²) in [7, 11) is 0. The average molecular weight is 213 g/mol. The minimum Gasteiger partial charge on any atom is -0.395 e. The van der Waals surface area contributed by atoms with Crippen molar-refractivity contribution in [2.45, 2.75) is 65.5 Å². The van der Waals surface area contributed by atoms with Crippen molar-refractivity contribution in [3.63, 3.8) is 0 Å². The first-order chi connectivity index (χ1) is 6.96. The highest BCUT2D eigenvalue weighted by Crippen LogP contribution is 2.34. The van der Waals surface area contributed by atoms with E-state index in [1.165, 1.54) is 19.3 Å². The molecule has 0 radical (unpaired) electrons. The summed E-state index contributed by atoms with van der Waals surface area (Å²) in [6.45, 7) is 9.20. The molecule has 0 aliphatic heterocycles. The van der Waals surface area contributed by atoms with Gasteiger partial charge in [0.15, 0.2) is 0 Å². The quantitative estimate of drug-likeness (QED) is 0.711. The Balaban J connectivity index is 2.37. The first-order valence-corrected chi connectivity index (χ1v) is 6.33. The maximum Gasteiger partial charge on any atom is 0.0584 e. The van der Waals surface area contributed by atoms with Crippen molar-refractivity contribution in [1.29, 1.82) is 0 Å². The number of nitrogens with one attached hydrogen (secondary N) is 1. The highest BCUT2D eigenvalue weighted by Gasteiger charge is 2.31. The molecule has 0 bridgehead atoms. The second-order valence-corrected chi connectivity index (χ2v) is 6.16. The van der Waals surface area contributed by atoms with Crippen molar-refractivity contribution in [3.05, 3.63) is 0 Å². The van der Waals surface area contributed by atoms with Crippen LogP contribution in [-0.2, 0) is 0 Å². The Kier molecular flexibility index (Phi) is 4.60. The van der Waals surface area contributed by atoms with Crippen LogP contribution in [0.25, 0.3) is 0 Å². The van der Waals surface area contributed by atoms with Gasteiger partial charge in [0.05, 0.1) is 6.61 Å². The highest BCUT2D eigenvalue weighted by atomic mass is 16.3. The van der Waals surface area contributed by atoms with Gasteiger partial charge in [-0.05, 0) is 37.0 Å². The van der Waals surface area contributed by atoms with E-state index in [-0.39, 0.29) is 12.6 Å². The van der Waals surface area contributed by atoms with Gasteiger partial charge in [-0.25, -0.2) is 0 Å². The zero-order valence-corrected chi connectivity index (χ0v) is 10.7. The molecule has 2 nitrogen and oxygen atoms in total. The number of rotatable bonds is 6. The van der Waals surface area contributed by atoms with E-state index in [0.717, 1.165) is 12.3 Å². The molecule has 1 fully saturated rings. The van der Waals surface area contributed by atoms with Gasteiger partial charge >= 0.3 is 0 Å². The number of hydrogen-bond acceptors (Lipinski definition) is 2. The van der Waals surface area contributed by atoms with Crippen LogP contribution >= 0.6 is 0 Å². The van der Waals surface area contributed by atoms with Crippen molar-refractivity contribution >= 4 is 0 Å². The van der Waals surface area contributed by atoms with Gasteiger partial charge in [0.1, 0.15) is 0 Å². The topological polar surface area (TPSA) is 32.3 Å². The van der Waals surface area contributed by atoms with E-state index in [4.69, 9.17) is 0 Å². The summed E-state index contributed by atoms with van der Waals surface area (Å²) in [5, 5.41) is 13.0. The Morgan fingerprint density at radius 1 is 1.33 bits per heavy atom. The van der Waals surface area contributed by atoms with Crippen molar-refractivity contribution in [2.75, 3.05) is 6.61 Å². The van der Waals surface area contributed by atoms with Gasteiger partial charge in [0.2, 0.25) is 0 Å². The van der Waals surface area contributed by atoms with Crippen LogP contribution in [0, 0.1) is 11.3 Å². The fourth-order valence-electron chi connectivity index (χ4n) is 2.30. The van der Waals surface area contributed by atoms with E-state index in [2.05, 4.69) is 33.0 Å². The molecule has 0 amide bonds. The summed E-state index contributed by atoms with van der Waals surface area (Å²) < 4.78 is 0. The van der Waals surface area contributed by atoms with Crippen LogP contribution in [-0.4, -0.2) is 23.8 Å². The van der Waals surface area contributed by atoms with Gasteiger partial charge in [-0.3, -0.25) is 0 Å². The van der Waals surface area contributed by atoms with Crippen molar-refractivity contribution < 1.29 is 5.11 Å². The Labute approximate surface area is 94.5 Å². The highest BCUT2D eigenvalue weighted by molar-refractivity contribution is 4.88. The SMILES string of the molecule is CCC(NC(CO)CC(C)(C)C)C1CC1. The summed E-state index contributed by atoms with van der Waals surface area (Å²) in [4.78, 5) is 0. The van der Waals surface area contributed by atoms with Gasteiger partial charge in [0, 0.05) is 12.1 Å². The molecular formula is C13H27NO. The molecule has 1 aliphatic rings. The molecule has 0 aromatic carbocycles. The molecule has 15 heavy (non-hydrogen) atoms. The molecular weight excluding hydrogens is 186 g/mol. The molecule has 2 unspecified atom stereocenters. The van der Waals surface area contributed by atoms with Crippen LogP contribution < -0.4 is 5.32 Å². The number of aliphatic hydroxyl groups excluding tert-OH is 1. The molecule has 2 N–H and O–H groups in total. The molecule has 0 aromatic rings. The predicted octanol–water partition coefficient (Wildman–Crippen LogP) is 2.56. The Hall–Kier alpha value is -0.0800. The zero-order valence-electron chi connectivity index (χ0n) is 10.7. The van der Waals surface area contributed by atoms with E-state index >= 15 is 0 Å². The van der Waals surface area contributed by atoms with Gasteiger partial charge < -0.3 is 10.4 Å². The third-order valence-electron chi connectivity index (χ3n) is 3.16. The second-order valence-electron chi connectivity index (χ2n) is 6.16. The smallest absolute Gasteiger partial charge is 0.0584 e. The fourth-order valence-corrected chi connectivity index (χ4v) is 2.30. The van der Waals surface area contributed by atoms with E-state index in [0.29, 0.717) is 11.5 Å². The van der Waals surface area contributed by atoms with Gasteiger partial charge in [0.25, 0.3) is 0 Å². The first-order valence-electron chi connectivity index (χ1n) is 6.33. The molecule has 0 saturated heterocycles. The monoisotopic (exact) mass is 213 g/mol. The van der Waals surface area contributed by atoms with Crippen molar-refractivity contribution in [3.8, 4) is 0 Å². The van der Waals surface area contributed by atoms with E-state index in [1.54, 1.807) is 0 Å². The normalized spacial score (nSPS) is 21.4. The third kappa shape index (κ3) is 4.98. The molecule has 2 heteroatoms. The van der Waals surface area contributed by atoms with Gasteiger partial charge in [-0.15, -0.1) is 0 Å². The summed E-state index contributed by atoms with van der Waals surface area (Å²) in [5.74, 6) is 0.879. The summed E-state index contributed by atoms with van der Waals surface area (Å²) in [6.07, 6.45) is 4.98. The molecule has 1 aliphatic carbocycles. The number of aliphatic hydroxyl groups is 1. The Morgan fingerprint density at radius 3 is 2.27 bits per heavy atom. The predicted molar refractivity (Wildman–Crippen MR) is 64.9 cm³/mol. The minimum atomic E-state index is 0.264. The largest absolute Gasteiger partial charge is 0.395 e. The summed E-state index contributed by atoms with van der Waals surface area (Å²) in [6, 6.07) is 0.903. The third-order valence-corrected chi connectivity index (χ3v) is 3.16. The van der Waals surface area contributed by atoms with Crippen LogP contribution in [0.1, 0.15) is 53.4 Å². The van der Waals surface area contributed by atoms with Crippen LogP contribution in [0.4, 0.5) is 0 Å². The molecule has 1 rings (SSSR count). The van der Waals surface area contributed by atoms with E-state index in [1.807, 2.05) is 0 Å². The summed E-state index contributed by atoms with van der Waals surface area (Å²) >= 11 is 0. The second kappa shape index (κ2) is 5.31. The lowest BCUT2D eigenvalue weighted by atomic mass is 9.88. The molecule has 0 aromatic heterocycles. The van der Waals surface area contributed by atoms with Gasteiger partial charge in [-0.2, -0.15) is 0 Å². The van der Waals surface area contributed by atoms with E-state index < -0.39 is 0 Å². The maximum atomic E-state index is 9.37. The van der Waals surface area contributed by atoms with Crippen LogP contribution in [0.2, 0.25) is 0 Å². The molecule has 0 spiro atoms. The van der Waals surface area contributed by atoms with E-state index in [9.17, 15) is 5.11 Å². The molecule has 90 valence electrons. The molecule has 0 heterocycles. The van der Waals surface area contributed by atoms with Gasteiger partial charge in [-0.1, -0.05) is 27.7 Å². The van der Waals surface area contributed by atoms with Crippen molar-refractivity contribution in [2.24, 2.45) is 11.3 Å². The Bertz CT molecular complexity index is 181. The van der Waals surface area contributed by atoms with Crippen molar-refractivity contribution in [1.82, 2.24) is 5.32 Å². The first kappa shape index (κ1) is 13.0. The molecule has 2 atom stereocenters. The zero-order chi connectivity index (χ0) is 11.5. The number of hydrogen-bond donors (Lipinski definition) is 2. The Morgan fingerprint density at radius 2 is 1.93 bits per heavy atom. The minimum absolute atomic E-state index is 0.264. The van der Waals surface area contributed by atoms with Crippen LogP contribution in [0.5, 0.6) is 0 Å². The summed E-state index contributed by atoms with van der Waals surface area (Å²) in [5.41, 5.74) is 0.294. The van der Waals surface area contributed by atoms with Crippen LogP contribution in [0.15, 0.2) is 0 Å². The fraction of sp³-hybridized carbons (Fsp3) is 1.00.